The highest BCUT2D eigenvalue weighted by molar-refractivity contribution is 7.91. The second-order valence-electron chi connectivity index (χ2n) is 5.07. The van der Waals surface area contributed by atoms with Crippen LogP contribution in [0.25, 0.3) is 11.3 Å². The lowest BCUT2D eigenvalue weighted by Gasteiger charge is -2.09. The lowest BCUT2D eigenvalue weighted by Crippen LogP contribution is -2.14. The molecule has 1 fully saturated rings. The Morgan fingerprint density at radius 2 is 2.35 bits per heavy atom. The van der Waals surface area contributed by atoms with Gasteiger partial charge in [-0.05, 0) is 12.5 Å². The van der Waals surface area contributed by atoms with Crippen LogP contribution in [0.1, 0.15) is 25.1 Å². The summed E-state index contributed by atoms with van der Waals surface area (Å²) < 4.78 is 30.2. The Bertz CT molecular complexity index is 730. The summed E-state index contributed by atoms with van der Waals surface area (Å²) in [6, 6.07) is 3.47. The molecule has 108 valence electrons. The third-order valence-corrected chi connectivity index (χ3v) is 5.41. The van der Waals surface area contributed by atoms with Gasteiger partial charge in [0.2, 0.25) is 0 Å². The molecule has 3 heterocycles. The average molecular weight is 295 g/mol. The molecule has 20 heavy (non-hydrogen) atoms. The minimum atomic E-state index is -2.95. The first-order valence-electron chi connectivity index (χ1n) is 6.62. The van der Waals surface area contributed by atoms with Crippen molar-refractivity contribution < 1.29 is 12.8 Å². The largest absolute Gasteiger partial charge is 0.469 e. The van der Waals surface area contributed by atoms with Gasteiger partial charge in [0, 0.05) is 18.1 Å². The predicted molar refractivity (Wildman–Crippen MR) is 76.0 cm³/mol. The molecule has 0 aliphatic carbocycles. The monoisotopic (exact) mass is 295 g/mol. The van der Waals surface area contributed by atoms with Crippen molar-refractivity contribution in [2.75, 3.05) is 17.2 Å². The Morgan fingerprint density at radius 1 is 1.55 bits per heavy atom. The summed E-state index contributed by atoms with van der Waals surface area (Å²) in [6.45, 7) is 2.01. The van der Waals surface area contributed by atoms with Gasteiger partial charge in [-0.15, -0.1) is 0 Å². The number of nitrogens with two attached hydrogens (primary N) is 1. The molecule has 1 unspecified atom stereocenters. The topological polar surface area (TPSA) is 91.1 Å². The van der Waals surface area contributed by atoms with Crippen molar-refractivity contribution >= 4 is 15.7 Å². The molecule has 1 atom stereocenters. The number of nitrogen functional groups attached to an aromatic ring is 1. The van der Waals surface area contributed by atoms with Crippen LogP contribution in [0.15, 0.2) is 22.8 Å². The van der Waals surface area contributed by atoms with Crippen LogP contribution in [-0.2, 0) is 16.3 Å². The van der Waals surface area contributed by atoms with Gasteiger partial charge in [-0.2, -0.15) is 5.10 Å². The normalized spacial score (nSPS) is 21.4. The van der Waals surface area contributed by atoms with E-state index in [1.54, 1.807) is 17.0 Å². The van der Waals surface area contributed by atoms with E-state index in [0.29, 0.717) is 12.2 Å². The third-order valence-electron chi connectivity index (χ3n) is 3.66. The predicted octanol–water partition coefficient (Wildman–Crippen LogP) is 1.65. The maximum atomic E-state index is 11.6. The van der Waals surface area contributed by atoms with Crippen molar-refractivity contribution in [1.82, 2.24) is 9.78 Å². The van der Waals surface area contributed by atoms with Crippen LogP contribution in [0.4, 0.5) is 5.82 Å². The molecule has 0 aromatic carbocycles. The van der Waals surface area contributed by atoms with Gasteiger partial charge in [0.1, 0.15) is 11.6 Å². The lowest BCUT2D eigenvalue weighted by atomic mass is 10.1. The molecule has 1 saturated heterocycles. The SMILES string of the molecule is CCc1occc1-c1cc(N)n(C2CCS(=O)(=O)C2)n1. The molecular formula is C13H17N3O3S. The summed E-state index contributed by atoms with van der Waals surface area (Å²) in [5.74, 6) is 1.67. The van der Waals surface area contributed by atoms with E-state index in [4.69, 9.17) is 10.2 Å². The maximum absolute atomic E-state index is 11.6. The van der Waals surface area contributed by atoms with Crippen LogP contribution in [0.5, 0.6) is 0 Å². The number of rotatable bonds is 3. The van der Waals surface area contributed by atoms with E-state index in [9.17, 15) is 8.42 Å². The molecule has 2 N–H and O–H groups in total. The minimum absolute atomic E-state index is 0.115. The highest BCUT2D eigenvalue weighted by Gasteiger charge is 2.31. The van der Waals surface area contributed by atoms with Crippen molar-refractivity contribution in [3.05, 3.63) is 24.2 Å². The summed E-state index contributed by atoms with van der Waals surface area (Å²) in [5, 5.41) is 4.48. The first-order valence-corrected chi connectivity index (χ1v) is 8.44. The van der Waals surface area contributed by atoms with Crippen molar-refractivity contribution in [2.45, 2.75) is 25.8 Å². The molecule has 2 aromatic heterocycles. The molecule has 0 bridgehead atoms. The van der Waals surface area contributed by atoms with Crippen LogP contribution in [0.2, 0.25) is 0 Å². The van der Waals surface area contributed by atoms with Crippen LogP contribution < -0.4 is 5.73 Å². The first-order chi connectivity index (χ1) is 9.50. The number of aryl methyl sites for hydroxylation is 1. The molecule has 6 nitrogen and oxygen atoms in total. The van der Waals surface area contributed by atoms with E-state index in [2.05, 4.69) is 5.10 Å². The quantitative estimate of drug-likeness (QED) is 0.929. The lowest BCUT2D eigenvalue weighted by molar-refractivity contribution is 0.506. The zero-order chi connectivity index (χ0) is 14.3. The number of aromatic nitrogens is 2. The van der Waals surface area contributed by atoms with Gasteiger partial charge in [-0.3, -0.25) is 0 Å². The number of hydrogen-bond acceptors (Lipinski definition) is 5. The number of furan rings is 1. The van der Waals surface area contributed by atoms with E-state index in [0.717, 1.165) is 23.4 Å². The van der Waals surface area contributed by atoms with E-state index < -0.39 is 9.84 Å². The van der Waals surface area contributed by atoms with Gasteiger partial charge in [-0.1, -0.05) is 6.92 Å². The van der Waals surface area contributed by atoms with E-state index >= 15 is 0 Å². The second-order valence-corrected chi connectivity index (χ2v) is 7.30. The van der Waals surface area contributed by atoms with Crippen LogP contribution >= 0.6 is 0 Å². The Labute approximate surface area is 117 Å². The number of anilines is 1. The molecule has 7 heteroatoms. The molecule has 0 saturated carbocycles. The molecular weight excluding hydrogens is 278 g/mol. The fourth-order valence-corrected chi connectivity index (χ4v) is 4.34. The average Bonchev–Trinajstić information content (AvgIpc) is 3.06. The first kappa shape index (κ1) is 13.2. The number of sulfone groups is 1. The Kier molecular flexibility index (Phi) is 3.08. The summed E-state index contributed by atoms with van der Waals surface area (Å²) in [7, 11) is -2.95. The maximum Gasteiger partial charge on any atom is 0.152 e. The number of nitrogens with zero attached hydrogens (tertiary/aromatic N) is 2. The standard InChI is InChI=1S/C13H17N3O3S/c1-2-12-10(3-5-19-12)11-7-13(14)16(15-11)9-4-6-20(17,18)8-9/h3,5,7,9H,2,4,6,8,14H2,1H3. The highest BCUT2D eigenvalue weighted by Crippen LogP contribution is 2.30. The second kappa shape index (κ2) is 4.66. The van der Waals surface area contributed by atoms with Crippen LogP contribution in [0, 0.1) is 0 Å². The molecule has 2 aromatic rings. The van der Waals surface area contributed by atoms with Gasteiger partial charge in [0.15, 0.2) is 9.84 Å². The van der Waals surface area contributed by atoms with Gasteiger partial charge in [0.05, 0.1) is 29.5 Å². The summed E-state index contributed by atoms with van der Waals surface area (Å²) in [4.78, 5) is 0. The molecule has 0 spiro atoms. The zero-order valence-electron chi connectivity index (χ0n) is 11.2. The Hall–Kier alpha value is -1.76. The number of hydrogen-bond donors (Lipinski definition) is 1. The molecule has 1 aliphatic heterocycles. The van der Waals surface area contributed by atoms with Gasteiger partial charge in [0.25, 0.3) is 0 Å². The Morgan fingerprint density at radius 3 is 3.00 bits per heavy atom. The smallest absolute Gasteiger partial charge is 0.152 e. The van der Waals surface area contributed by atoms with E-state index in [1.165, 1.54) is 0 Å². The van der Waals surface area contributed by atoms with Crippen molar-refractivity contribution in [3.8, 4) is 11.3 Å². The molecule has 0 radical (unpaired) electrons. The molecule has 3 rings (SSSR count). The fourth-order valence-electron chi connectivity index (χ4n) is 2.64. The van der Waals surface area contributed by atoms with Gasteiger partial charge < -0.3 is 10.2 Å². The Balaban J connectivity index is 1.96. The van der Waals surface area contributed by atoms with Gasteiger partial charge >= 0.3 is 0 Å². The van der Waals surface area contributed by atoms with Crippen molar-refractivity contribution in [3.63, 3.8) is 0 Å². The summed E-state index contributed by atoms with van der Waals surface area (Å²) >= 11 is 0. The van der Waals surface area contributed by atoms with Crippen molar-refractivity contribution in [1.29, 1.82) is 0 Å². The van der Waals surface area contributed by atoms with Crippen molar-refractivity contribution in [2.24, 2.45) is 0 Å². The van der Waals surface area contributed by atoms with Crippen LogP contribution in [0.3, 0.4) is 0 Å². The van der Waals surface area contributed by atoms with E-state index in [1.807, 2.05) is 13.0 Å². The molecule has 0 amide bonds. The summed E-state index contributed by atoms with van der Waals surface area (Å²) in [6.07, 6.45) is 2.97. The summed E-state index contributed by atoms with van der Waals surface area (Å²) in [5.41, 5.74) is 7.63. The fraction of sp³-hybridized carbons (Fsp3) is 0.462. The zero-order valence-corrected chi connectivity index (χ0v) is 12.1. The molecule has 1 aliphatic rings. The minimum Gasteiger partial charge on any atom is -0.469 e. The van der Waals surface area contributed by atoms with Gasteiger partial charge in [-0.25, -0.2) is 13.1 Å². The highest BCUT2D eigenvalue weighted by atomic mass is 32.2. The third kappa shape index (κ3) is 2.22. The van der Waals surface area contributed by atoms with E-state index in [-0.39, 0.29) is 17.5 Å². The van der Waals surface area contributed by atoms with Crippen LogP contribution in [-0.4, -0.2) is 29.7 Å².